The second-order valence-corrected chi connectivity index (χ2v) is 7.56. The average molecular weight is 412 g/mol. The summed E-state index contributed by atoms with van der Waals surface area (Å²) in [5, 5.41) is 69.0. The topological polar surface area (TPSA) is 179 Å². The van der Waals surface area contributed by atoms with E-state index in [2.05, 4.69) is 0 Å². The molecule has 2 fully saturated rings. The Morgan fingerprint density at radius 3 is 1.82 bits per heavy atom. The summed E-state index contributed by atoms with van der Waals surface area (Å²) in [5.41, 5.74) is 0. The van der Waals surface area contributed by atoms with Crippen molar-refractivity contribution in [3.63, 3.8) is 0 Å². The standard InChI is InChI=1S/C17H32O11/c1-7(2)3-4-25-17-15(13(23)11(21)9(6-19)27-17)28-16-14(24)12(22)10(20)8(5-18)26-16/h7-24H,3-6H2,1-2H3/t8-,9-,10-,11-,12+,13+,14-,15-,16+,17+/m1/s1. The van der Waals surface area contributed by atoms with E-state index in [-0.39, 0.29) is 6.61 Å². The molecule has 28 heavy (non-hydrogen) atoms. The molecule has 7 N–H and O–H groups in total. The van der Waals surface area contributed by atoms with Crippen molar-refractivity contribution in [2.24, 2.45) is 5.92 Å². The van der Waals surface area contributed by atoms with Gasteiger partial charge in [-0.1, -0.05) is 13.8 Å². The Kier molecular flexibility index (Phi) is 8.98. The summed E-state index contributed by atoms with van der Waals surface area (Å²) in [5.74, 6) is 0.331. The lowest BCUT2D eigenvalue weighted by molar-refractivity contribution is -0.367. The molecule has 2 heterocycles. The summed E-state index contributed by atoms with van der Waals surface area (Å²) in [6.07, 6.45) is -13.6. The molecular weight excluding hydrogens is 380 g/mol. The quantitative estimate of drug-likeness (QED) is 0.212. The van der Waals surface area contributed by atoms with Crippen molar-refractivity contribution in [1.29, 1.82) is 0 Å². The van der Waals surface area contributed by atoms with Crippen LogP contribution in [0.4, 0.5) is 0 Å². The minimum atomic E-state index is -1.69. The Morgan fingerprint density at radius 2 is 1.29 bits per heavy atom. The van der Waals surface area contributed by atoms with Crippen molar-refractivity contribution in [3.05, 3.63) is 0 Å². The van der Waals surface area contributed by atoms with E-state index < -0.39 is 74.6 Å². The van der Waals surface area contributed by atoms with Gasteiger partial charge in [0.25, 0.3) is 0 Å². The van der Waals surface area contributed by atoms with Gasteiger partial charge in [-0.05, 0) is 12.3 Å². The predicted octanol–water partition coefficient (Wildman–Crippen LogP) is -3.33. The van der Waals surface area contributed by atoms with Crippen LogP contribution in [-0.2, 0) is 18.9 Å². The molecule has 0 spiro atoms. The molecule has 2 rings (SSSR count). The SMILES string of the molecule is CC(C)CCO[C@H]1O[C@H](CO)[C@@H](O)[C@H](O)[C@H]1O[C@@H]1O[C@H](CO)[C@@H](O)[C@H](O)[C@H]1O. The molecule has 0 radical (unpaired) electrons. The molecule has 166 valence electrons. The normalized spacial score (nSPS) is 44.8. The summed E-state index contributed by atoms with van der Waals surface area (Å²) >= 11 is 0. The van der Waals surface area contributed by atoms with Crippen LogP contribution in [-0.4, -0.2) is 117 Å². The highest BCUT2D eigenvalue weighted by atomic mass is 16.8. The van der Waals surface area contributed by atoms with Crippen LogP contribution >= 0.6 is 0 Å². The fourth-order valence-electron chi connectivity index (χ4n) is 3.09. The van der Waals surface area contributed by atoms with E-state index in [9.17, 15) is 35.7 Å². The monoisotopic (exact) mass is 412 g/mol. The zero-order valence-electron chi connectivity index (χ0n) is 15.9. The summed E-state index contributed by atoms with van der Waals surface area (Å²) in [7, 11) is 0. The van der Waals surface area contributed by atoms with Crippen LogP contribution in [0.2, 0.25) is 0 Å². The van der Waals surface area contributed by atoms with Crippen molar-refractivity contribution >= 4 is 0 Å². The lowest BCUT2D eigenvalue weighted by Crippen LogP contribution is -2.64. The third kappa shape index (κ3) is 5.37. The highest BCUT2D eigenvalue weighted by Gasteiger charge is 2.50. The molecule has 0 aliphatic carbocycles. The van der Waals surface area contributed by atoms with Crippen molar-refractivity contribution in [2.45, 2.75) is 81.7 Å². The zero-order valence-corrected chi connectivity index (χ0v) is 15.9. The van der Waals surface area contributed by atoms with E-state index in [4.69, 9.17) is 18.9 Å². The van der Waals surface area contributed by atoms with Gasteiger partial charge < -0.3 is 54.7 Å². The molecular formula is C17H32O11. The second kappa shape index (κ2) is 10.5. The number of hydrogen-bond acceptors (Lipinski definition) is 11. The van der Waals surface area contributed by atoms with Crippen molar-refractivity contribution < 1.29 is 54.7 Å². The number of ether oxygens (including phenoxy) is 4. The smallest absolute Gasteiger partial charge is 0.187 e. The maximum Gasteiger partial charge on any atom is 0.187 e. The van der Waals surface area contributed by atoms with Crippen molar-refractivity contribution in [2.75, 3.05) is 19.8 Å². The lowest BCUT2D eigenvalue weighted by atomic mass is 9.97. The Hall–Kier alpha value is -0.440. The molecule has 0 saturated carbocycles. The van der Waals surface area contributed by atoms with Crippen LogP contribution in [0.25, 0.3) is 0 Å². The van der Waals surface area contributed by atoms with Crippen LogP contribution in [0.15, 0.2) is 0 Å². The number of aliphatic hydroxyl groups is 7. The van der Waals surface area contributed by atoms with Gasteiger partial charge in [0.1, 0.15) is 48.8 Å². The van der Waals surface area contributed by atoms with Gasteiger partial charge in [-0.25, -0.2) is 0 Å². The summed E-state index contributed by atoms with van der Waals surface area (Å²) < 4.78 is 21.9. The van der Waals surface area contributed by atoms with E-state index in [1.165, 1.54) is 0 Å². The lowest BCUT2D eigenvalue weighted by Gasteiger charge is -2.46. The van der Waals surface area contributed by atoms with Gasteiger partial charge in [0, 0.05) is 0 Å². The maximum absolute atomic E-state index is 10.4. The van der Waals surface area contributed by atoms with Crippen LogP contribution in [0, 0.1) is 5.92 Å². The van der Waals surface area contributed by atoms with E-state index in [1.807, 2.05) is 13.8 Å². The van der Waals surface area contributed by atoms with Crippen LogP contribution < -0.4 is 0 Å². The van der Waals surface area contributed by atoms with Gasteiger partial charge in [0.2, 0.25) is 0 Å². The fourth-order valence-corrected chi connectivity index (χ4v) is 3.09. The molecule has 11 heteroatoms. The van der Waals surface area contributed by atoms with Crippen LogP contribution in [0.3, 0.4) is 0 Å². The Labute approximate surface area is 163 Å². The number of aliphatic hydroxyl groups excluding tert-OH is 7. The summed E-state index contributed by atoms with van der Waals surface area (Å²) in [6, 6.07) is 0. The highest BCUT2D eigenvalue weighted by molar-refractivity contribution is 4.93. The van der Waals surface area contributed by atoms with E-state index in [1.54, 1.807) is 0 Å². The fraction of sp³-hybridized carbons (Fsp3) is 1.00. The van der Waals surface area contributed by atoms with E-state index >= 15 is 0 Å². The first kappa shape index (κ1) is 23.8. The Bertz CT molecular complexity index is 462. The first-order valence-corrected chi connectivity index (χ1v) is 9.41. The van der Waals surface area contributed by atoms with Crippen LogP contribution in [0.1, 0.15) is 20.3 Å². The molecule has 2 aliphatic rings. The molecule has 0 aromatic rings. The van der Waals surface area contributed by atoms with Gasteiger partial charge in [0.05, 0.1) is 19.8 Å². The van der Waals surface area contributed by atoms with Gasteiger partial charge in [-0.2, -0.15) is 0 Å². The van der Waals surface area contributed by atoms with Gasteiger partial charge >= 0.3 is 0 Å². The second-order valence-electron chi connectivity index (χ2n) is 7.56. The molecule has 2 saturated heterocycles. The first-order chi connectivity index (χ1) is 13.2. The molecule has 10 atom stereocenters. The molecule has 11 nitrogen and oxygen atoms in total. The molecule has 0 aromatic heterocycles. The highest BCUT2D eigenvalue weighted by Crippen LogP contribution is 2.29. The Morgan fingerprint density at radius 1 is 0.750 bits per heavy atom. The first-order valence-electron chi connectivity index (χ1n) is 9.41. The van der Waals surface area contributed by atoms with E-state index in [0.717, 1.165) is 0 Å². The average Bonchev–Trinajstić information content (AvgIpc) is 2.66. The summed E-state index contributed by atoms with van der Waals surface area (Å²) in [6.45, 7) is 3.02. The molecule has 0 unspecified atom stereocenters. The number of hydrogen-bond donors (Lipinski definition) is 7. The van der Waals surface area contributed by atoms with Crippen LogP contribution in [0.5, 0.6) is 0 Å². The third-order valence-corrected chi connectivity index (χ3v) is 4.94. The van der Waals surface area contributed by atoms with Gasteiger partial charge in [-0.15, -0.1) is 0 Å². The van der Waals surface area contributed by atoms with Crippen molar-refractivity contribution in [3.8, 4) is 0 Å². The Balaban J connectivity index is 2.13. The van der Waals surface area contributed by atoms with Crippen molar-refractivity contribution in [1.82, 2.24) is 0 Å². The predicted molar refractivity (Wildman–Crippen MR) is 91.8 cm³/mol. The largest absolute Gasteiger partial charge is 0.394 e. The van der Waals surface area contributed by atoms with E-state index in [0.29, 0.717) is 12.3 Å². The minimum absolute atomic E-state index is 0.248. The summed E-state index contributed by atoms with van der Waals surface area (Å²) in [4.78, 5) is 0. The van der Waals surface area contributed by atoms with Gasteiger partial charge in [0.15, 0.2) is 12.6 Å². The molecule has 0 aromatic carbocycles. The van der Waals surface area contributed by atoms with Gasteiger partial charge in [-0.3, -0.25) is 0 Å². The third-order valence-electron chi connectivity index (χ3n) is 4.94. The molecule has 0 amide bonds. The minimum Gasteiger partial charge on any atom is -0.394 e. The number of rotatable bonds is 8. The molecule has 0 bridgehead atoms. The zero-order chi connectivity index (χ0) is 21.0. The maximum atomic E-state index is 10.4. The molecule has 2 aliphatic heterocycles.